The maximum absolute atomic E-state index is 2.65. The summed E-state index contributed by atoms with van der Waals surface area (Å²) < 4.78 is 0. The average Bonchev–Trinajstić information content (AvgIpc) is 1.99. The molecule has 0 N–H and O–H groups in total. The zero-order chi connectivity index (χ0) is 12.1. The van der Waals surface area contributed by atoms with E-state index in [0.29, 0.717) is 11.0 Å². The second-order valence-electron chi connectivity index (χ2n) is 6.54. The predicted octanol–water partition coefficient (Wildman–Crippen LogP) is 4.32. The molecule has 0 saturated carbocycles. The van der Waals surface area contributed by atoms with E-state index in [1.807, 2.05) is 0 Å². The van der Waals surface area contributed by atoms with Crippen molar-refractivity contribution in [3.8, 4) is 0 Å². The molecular weight excluding hydrogens is 182 g/mol. The van der Waals surface area contributed by atoms with Crippen molar-refractivity contribution in [2.45, 2.75) is 73.3 Å². The third-order valence-corrected chi connectivity index (χ3v) is 2.81. The maximum Gasteiger partial charge on any atom is 0.0158 e. The molecule has 0 unspecified atom stereocenters. The summed E-state index contributed by atoms with van der Waals surface area (Å²) in [6.07, 6.45) is 3.78. The molecule has 0 amide bonds. The molecule has 0 heterocycles. The molecule has 1 heteroatoms. The minimum absolute atomic E-state index is 0.338. The van der Waals surface area contributed by atoms with Gasteiger partial charge < -0.3 is 0 Å². The van der Waals surface area contributed by atoms with Crippen LogP contribution >= 0.6 is 0 Å². The van der Waals surface area contributed by atoms with Crippen molar-refractivity contribution in [1.82, 2.24) is 4.90 Å². The SMILES string of the molecule is CCCN(CCC)C(C)(C)CC(C)(C)C. The molecule has 0 radical (unpaired) electrons. The van der Waals surface area contributed by atoms with Crippen LogP contribution < -0.4 is 0 Å². The normalized spacial score (nSPS) is 13.6. The maximum atomic E-state index is 2.65. The Balaban J connectivity index is 4.47. The Bertz CT molecular complexity index is 159. The summed E-state index contributed by atoms with van der Waals surface area (Å²) in [5, 5.41) is 0. The number of nitrogens with zero attached hydrogens (tertiary/aromatic N) is 1. The first-order valence-corrected chi connectivity index (χ1v) is 6.48. The quantitative estimate of drug-likeness (QED) is 0.635. The summed E-state index contributed by atoms with van der Waals surface area (Å²) in [7, 11) is 0. The van der Waals surface area contributed by atoms with Crippen LogP contribution in [-0.2, 0) is 0 Å². The summed E-state index contributed by atoms with van der Waals surface area (Å²) in [5.41, 5.74) is 0.757. The Hall–Kier alpha value is -0.0400. The van der Waals surface area contributed by atoms with Gasteiger partial charge in [-0.1, -0.05) is 34.6 Å². The molecule has 0 aromatic heterocycles. The second kappa shape index (κ2) is 5.89. The van der Waals surface area contributed by atoms with Gasteiger partial charge in [-0.15, -0.1) is 0 Å². The van der Waals surface area contributed by atoms with E-state index in [9.17, 15) is 0 Å². The lowest BCUT2D eigenvalue weighted by atomic mass is 9.80. The second-order valence-corrected chi connectivity index (χ2v) is 6.54. The van der Waals surface area contributed by atoms with E-state index >= 15 is 0 Å². The van der Waals surface area contributed by atoms with Crippen molar-refractivity contribution in [2.75, 3.05) is 13.1 Å². The van der Waals surface area contributed by atoms with Crippen LogP contribution in [0.1, 0.15) is 67.7 Å². The molecule has 0 fully saturated rings. The molecule has 0 aliphatic rings. The van der Waals surface area contributed by atoms with E-state index in [2.05, 4.69) is 53.4 Å². The first kappa shape index (κ1) is 15.0. The Morgan fingerprint density at radius 3 is 1.47 bits per heavy atom. The minimum atomic E-state index is 0.338. The van der Waals surface area contributed by atoms with Crippen LogP contribution in [0.5, 0.6) is 0 Å². The Kier molecular flexibility index (Phi) is 5.87. The highest BCUT2D eigenvalue weighted by molar-refractivity contribution is 4.85. The van der Waals surface area contributed by atoms with E-state index < -0.39 is 0 Å². The van der Waals surface area contributed by atoms with Crippen molar-refractivity contribution in [3.63, 3.8) is 0 Å². The van der Waals surface area contributed by atoms with Crippen LogP contribution in [0.25, 0.3) is 0 Å². The van der Waals surface area contributed by atoms with E-state index in [1.54, 1.807) is 0 Å². The highest BCUT2D eigenvalue weighted by atomic mass is 15.2. The Labute approximate surface area is 97.2 Å². The smallest absolute Gasteiger partial charge is 0.0158 e. The molecule has 0 spiro atoms. The highest BCUT2D eigenvalue weighted by Crippen LogP contribution is 2.31. The van der Waals surface area contributed by atoms with Gasteiger partial charge in [0, 0.05) is 5.54 Å². The molecule has 1 nitrogen and oxygen atoms in total. The number of hydrogen-bond donors (Lipinski definition) is 0. The lowest BCUT2D eigenvalue weighted by Gasteiger charge is -2.42. The first-order valence-electron chi connectivity index (χ1n) is 6.48. The van der Waals surface area contributed by atoms with Gasteiger partial charge in [-0.25, -0.2) is 0 Å². The fourth-order valence-corrected chi connectivity index (χ4v) is 2.67. The van der Waals surface area contributed by atoms with Gasteiger partial charge in [-0.2, -0.15) is 0 Å². The molecule has 0 rings (SSSR count). The van der Waals surface area contributed by atoms with E-state index in [1.165, 1.54) is 32.4 Å². The molecule has 15 heavy (non-hydrogen) atoms. The average molecular weight is 213 g/mol. The molecule has 0 aliphatic heterocycles. The Morgan fingerprint density at radius 1 is 0.800 bits per heavy atom. The standard InChI is InChI=1S/C14H31N/c1-8-10-15(11-9-2)14(6,7)12-13(3,4)5/h8-12H2,1-7H3. The lowest BCUT2D eigenvalue weighted by Crippen LogP contribution is -2.47. The van der Waals surface area contributed by atoms with Crippen LogP contribution in [0.2, 0.25) is 0 Å². The third kappa shape index (κ3) is 6.19. The summed E-state index contributed by atoms with van der Waals surface area (Å²) in [6.45, 7) is 18.8. The van der Waals surface area contributed by atoms with Crippen molar-refractivity contribution < 1.29 is 0 Å². The van der Waals surface area contributed by atoms with Crippen molar-refractivity contribution >= 4 is 0 Å². The van der Waals surface area contributed by atoms with Gasteiger partial charge in [0.15, 0.2) is 0 Å². The molecule has 0 saturated heterocycles. The zero-order valence-electron chi connectivity index (χ0n) is 12.0. The monoisotopic (exact) mass is 213 g/mol. The molecule has 0 aromatic carbocycles. The minimum Gasteiger partial charge on any atom is -0.298 e. The summed E-state index contributed by atoms with van der Waals surface area (Å²) >= 11 is 0. The van der Waals surface area contributed by atoms with E-state index in [0.717, 1.165) is 0 Å². The molecule has 92 valence electrons. The molecule has 0 aromatic rings. The van der Waals surface area contributed by atoms with Gasteiger partial charge in [0.05, 0.1) is 0 Å². The first-order chi connectivity index (χ1) is 6.73. The summed E-state index contributed by atoms with van der Waals surface area (Å²) in [5.74, 6) is 0. The number of hydrogen-bond acceptors (Lipinski definition) is 1. The van der Waals surface area contributed by atoms with Gasteiger partial charge in [0.2, 0.25) is 0 Å². The van der Waals surface area contributed by atoms with Crippen molar-refractivity contribution in [3.05, 3.63) is 0 Å². The zero-order valence-corrected chi connectivity index (χ0v) is 12.0. The van der Waals surface area contributed by atoms with Crippen LogP contribution in [0.4, 0.5) is 0 Å². The summed E-state index contributed by atoms with van der Waals surface area (Å²) in [6, 6.07) is 0. The van der Waals surface area contributed by atoms with Gasteiger partial charge in [0.1, 0.15) is 0 Å². The fourth-order valence-electron chi connectivity index (χ4n) is 2.67. The van der Waals surface area contributed by atoms with Gasteiger partial charge in [-0.05, 0) is 51.6 Å². The van der Waals surface area contributed by atoms with Crippen LogP contribution in [-0.4, -0.2) is 23.5 Å². The summed E-state index contributed by atoms with van der Waals surface area (Å²) in [4.78, 5) is 2.65. The Morgan fingerprint density at radius 2 is 1.20 bits per heavy atom. The predicted molar refractivity (Wildman–Crippen MR) is 70.3 cm³/mol. The molecule has 0 atom stereocenters. The van der Waals surface area contributed by atoms with Crippen molar-refractivity contribution in [1.29, 1.82) is 0 Å². The van der Waals surface area contributed by atoms with E-state index in [-0.39, 0.29) is 0 Å². The topological polar surface area (TPSA) is 3.24 Å². The molecular formula is C14H31N. The largest absolute Gasteiger partial charge is 0.298 e. The molecule has 0 aliphatic carbocycles. The van der Waals surface area contributed by atoms with Gasteiger partial charge in [0.25, 0.3) is 0 Å². The number of rotatable bonds is 6. The van der Waals surface area contributed by atoms with Crippen LogP contribution in [0.3, 0.4) is 0 Å². The van der Waals surface area contributed by atoms with Gasteiger partial charge >= 0.3 is 0 Å². The van der Waals surface area contributed by atoms with Crippen LogP contribution in [0, 0.1) is 5.41 Å². The van der Waals surface area contributed by atoms with Crippen molar-refractivity contribution in [2.24, 2.45) is 5.41 Å². The fraction of sp³-hybridized carbons (Fsp3) is 1.00. The third-order valence-electron chi connectivity index (χ3n) is 2.81. The highest BCUT2D eigenvalue weighted by Gasteiger charge is 2.30. The van der Waals surface area contributed by atoms with Crippen LogP contribution in [0.15, 0.2) is 0 Å². The lowest BCUT2D eigenvalue weighted by molar-refractivity contribution is 0.0769. The van der Waals surface area contributed by atoms with E-state index in [4.69, 9.17) is 0 Å². The van der Waals surface area contributed by atoms with Gasteiger partial charge in [-0.3, -0.25) is 4.90 Å². The molecule has 0 bridgehead atoms.